The summed E-state index contributed by atoms with van der Waals surface area (Å²) in [6.07, 6.45) is 3.08. The van der Waals surface area contributed by atoms with Crippen molar-refractivity contribution >= 4 is 22.8 Å². The number of amides is 1. The van der Waals surface area contributed by atoms with E-state index in [-0.39, 0.29) is 30.4 Å². The third-order valence-electron chi connectivity index (χ3n) is 5.21. The molecule has 6 nitrogen and oxygen atoms in total. The van der Waals surface area contributed by atoms with Gasteiger partial charge in [0.25, 0.3) is 5.91 Å². The maximum Gasteiger partial charge on any atom is 0.375 e. The third-order valence-corrected chi connectivity index (χ3v) is 5.21. The molecule has 0 bridgehead atoms. The summed E-state index contributed by atoms with van der Waals surface area (Å²) in [4.78, 5) is 26.8. The fourth-order valence-corrected chi connectivity index (χ4v) is 3.83. The van der Waals surface area contributed by atoms with Gasteiger partial charge in [-0.15, -0.1) is 0 Å². The molecule has 6 heteroatoms. The standard InChI is InChI=1S/C21H27NO5/c1-5-25-16-9-10-18-17(11-16)15(4)20(27-18)21(24)26-12-19(23)22-13(2)7-6-8-14(22)3/h9-11,13-14H,5-8,12H2,1-4H3/t13-,14-/m1/s1. The molecule has 0 spiro atoms. The fraction of sp³-hybridized carbons (Fsp3) is 0.524. The average Bonchev–Trinajstić information content (AvgIpc) is 2.96. The smallest absolute Gasteiger partial charge is 0.375 e. The van der Waals surface area contributed by atoms with E-state index in [2.05, 4.69) is 0 Å². The van der Waals surface area contributed by atoms with E-state index in [4.69, 9.17) is 13.9 Å². The summed E-state index contributed by atoms with van der Waals surface area (Å²) in [5.41, 5.74) is 1.27. The van der Waals surface area contributed by atoms with Gasteiger partial charge < -0.3 is 18.8 Å². The number of hydrogen-bond donors (Lipinski definition) is 0. The van der Waals surface area contributed by atoms with Gasteiger partial charge in [0.2, 0.25) is 5.76 Å². The molecular weight excluding hydrogens is 346 g/mol. The summed E-state index contributed by atoms with van der Waals surface area (Å²) < 4.78 is 16.4. The van der Waals surface area contributed by atoms with E-state index in [1.807, 2.05) is 31.7 Å². The van der Waals surface area contributed by atoms with E-state index >= 15 is 0 Å². The van der Waals surface area contributed by atoms with Crippen LogP contribution in [-0.2, 0) is 9.53 Å². The maximum absolute atomic E-state index is 12.5. The van der Waals surface area contributed by atoms with Gasteiger partial charge in [-0.1, -0.05) is 0 Å². The maximum atomic E-state index is 12.5. The molecule has 2 aromatic rings. The first kappa shape index (κ1) is 19.3. The molecule has 1 saturated heterocycles. The van der Waals surface area contributed by atoms with Crippen molar-refractivity contribution in [3.63, 3.8) is 0 Å². The Balaban J connectivity index is 1.70. The van der Waals surface area contributed by atoms with Gasteiger partial charge in [0.1, 0.15) is 11.3 Å². The van der Waals surface area contributed by atoms with Gasteiger partial charge in [-0.05, 0) is 65.2 Å². The van der Waals surface area contributed by atoms with E-state index < -0.39 is 5.97 Å². The van der Waals surface area contributed by atoms with Crippen LogP contribution in [0.5, 0.6) is 5.75 Å². The van der Waals surface area contributed by atoms with Gasteiger partial charge >= 0.3 is 5.97 Å². The summed E-state index contributed by atoms with van der Waals surface area (Å²) in [5, 5.41) is 0.803. The van der Waals surface area contributed by atoms with Crippen molar-refractivity contribution < 1.29 is 23.5 Å². The van der Waals surface area contributed by atoms with Crippen LogP contribution in [0.1, 0.15) is 56.2 Å². The molecule has 1 aromatic heterocycles. The number of furan rings is 1. The molecule has 1 fully saturated rings. The van der Waals surface area contributed by atoms with Crippen LogP contribution in [0.4, 0.5) is 0 Å². The van der Waals surface area contributed by atoms with Crippen LogP contribution in [0.3, 0.4) is 0 Å². The largest absolute Gasteiger partial charge is 0.494 e. The number of hydrogen-bond acceptors (Lipinski definition) is 5. The zero-order valence-corrected chi connectivity index (χ0v) is 16.4. The van der Waals surface area contributed by atoms with E-state index in [9.17, 15) is 9.59 Å². The minimum atomic E-state index is -0.618. The topological polar surface area (TPSA) is 69.0 Å². The number of fused-ring (bicyclic) bond motifs is 1. The molecule has 2 heterocycles. The number of benzene rings is 1. The number of carbonyl (C=O) groups is 2. The first-order valence-corrected chi connectivity index (χ1v) is 9.56. The van der Waals surface area contributed by atoms with Crippen molar-refractivity contribution in [2.75, 3.05) is 13.2 Å². The fourth-order valence-electron chi connectivity index (χ4n) is 3.83. The minimum Gasteiger partial charge on any atom is -0.494 e. The second-order valence-corrected chi connectivity index (χ2v) is 7.15. The highest BCUT2D eigenvalue weighted by molar-refractivity contribution is 5.97. The molecule has 3 rings (SSSR count). The van der Waals surface area contributed by atoms with Crippen molar-refractivity contribution in [3.05, 3.63) is 29.5 Å². The lowest BCUT2D eigenvalue weighted by atomic mass is 9.97. The molecule has 0 aliphatic carbocycles. The Hall–Kier alpha value is -2.50. The lowest BCUT2D eigenvalue weighted by Gasteiger charge is -2.38. The van der Waals surface area contributed by atoms with Crippen LogP contribution < -0.4 is 4.74 Å². The molecule has 1 aliphatic rings. The van der Waals surface area contributed by atoms with E-state index in [1.54, 1.807) is 19.1 Å². The van der Waals surface area contributed by atoms with Gasteiger partial charge in [0.15, 0.2) is 6.61 Å². The zero-order valence-electron chi connectivity index (χ0n) is 16.4. The van der Waals surface area contributed by atoms with Crippen molar-refractivity contribution in [2.24, 2.45) is 0 Å². The lowest BCUT2D eigenvalue weighted by molar-refractivity contribution is -0.140. The number of esters is 1. The van der Waals surface area contributed by atoms with Gasteiger partial charge in [-0.2, -0.15) is 0 Å². The third kappa shape index (κ3) is 3.94. The molecule has 146 valence electrons. The second kappa shape index (κ2) is 8.03. The normalized spacial score (nSPS) is 19.9. The monoisotopic (exact) mass is 373 g/mol. The quantitative estimate of drug-likeness (QED) is 0.739. The van der Waals surface area contributed by atoms with Gasteiger partial charge in [0.05, 0.1) is 6.61 Å². The van der Waals surface area contributed by atoms with Crippen LogP contribution in [0.25, 0.3) is 11.0 Å². The molecule has 1 aromatic carbocycles. The summed E-state index contributed by atoms with van der Waals surface area (Å²) in [7, 11) is 0. The number of nitrogens with zero attached hydrogens (tertiary/aromatic N) is 1. The Morgan fingerprint density at radius 1 is 1.22 bits per heavy atom. The molecule has 0 N–H and O–H groups in total. The summed E-state index contributed by atoms with van der Waals surface area (Å²) in [6.45, 7) is 8.08. The highest BCUT2D eigenvalue weighted by Crippen LogP contribution is 2.29. The molecule has 2 atom stereocenters. The minimum absolute atomic E-state index is 0.131. The van der Waals surface area contributed by atoms with Gasteiger partial charge in [0, 0.05) is 23.0 Å². The van der Waals surface area contributed by atoms with E-state index in [0.717, 1.165) is 30.4 Å². The Bertz CT molecular complexity index is 830. The van der Waals surface area contributed by atoms with Crippen LogP contribution in [0.15, 0.2) is 22.6 Å². The van der Waals surface area contributed by atoms with Crippen molar-refractivity contribution in [2.45, 2.75) is 59.0 Å². The van der Waals surface area contributed by atoms with Crippen LogP contribution in [-0.4, -0.2) is 42.1 Å². The van der Waals surface area contributed by atoms with Crippen molar-refractivity contribution in [1.29, 1.82) is 0 Å². The average molecular weight is 373 g/mol. The molecular formula is C21H27NO5. The molecule has 0 unspecified atom stereocenters. The molecule has 27 heavy (non-hydrogen) atoms. The lowest BCUT2D eigenvalue weighted by Crippen LogP contribution is -2.49. The molecule has 0 radical (unpaired) electrons. The SMILES string of the molecule is CCOc1ccc2oc(C(=O)OCC(=O)N3[C@H](C)CCC[C@H]3C)c(C)c2c1. The first-order chi connectivity index (χ1) is 12.9. The van der Waals surface area contributed by atoms with Gasteiger partial charge in [-0.25, -0.2) is 4.79 Å². The molecule has 1 aliphatic heterocycles. The van der Waals surface area contributed by atoms with Crippen LogP contribution in [0.2, 0.25) is 0 Å². The predicted octanol–water partition coefficient (Wildman–Crippen LogP) is 4.09. The van der Waals surface area contributed by atoms with Crippen LogP contribution in [0, 0.1) is 6.92 Å². The van der Waals surface area contributed by atoms with E-state index in [0.29, 0.717) is 17.8 Å². The molecule has 1 amide bonds. The van der Waals surface area contributed by atoms with Crippen LogP contribution >= 0.6 is 0 Å². The summed E-state index contributed by atoms with van der Waals surface area (Å²) >= 11 is 0. The Kier molecular flexibility index (Phi) is 5.73. The predicted molar refractivity (Wildman–Crippen MR) is 102 cm³/mol. The number of aryl methyl sites for hydroxylation is 1. The Morgan fingerprint density at radius 3 is 2.59 bits per heavy atom. The zero-order chi connectivity index (χ0) is 19.6. The first-order valence-electron chi connectivity index (χ1n) is 9.56. The Morgan fingerprint density at radius 2 is 1.93 bits per heavy atom. The Labute approximate surface area is 159 Å². The summed E-state index contributed by atoms with van der Waals surface area (Å²) in [6, 6.07) is 5.75. The number of ether oxygens (including phenoxy) is 2. The number of carbonyl (C=O) groups excluding carboxylic acids is 2. The highest BCUT2D eigenvalue weighted by atomic mass is 16.5. The summed E-state index contributed by atoms with van der Waals surface area (Å²) in [5.74, 6) is 0.0750. The number of likely N-dealkylation sites (tertiary alicyclic amines) is 1. The van der Waals surface area contributed by atoms with E-state index in [1.165, 1.54) is 0 Å². The number of rotatable bonds is 5. The number of piperidine rings is 1. The second-order valence-electron chi connectivity index (χ2n) is 7.15. The van der Waals surface area contributed by atoms with Gasteiger partial charge in [-0.3, -0.25) is 4.79 Å². The van der Waals surface area contributed by atoms with Crippen molar-refractivity contribution in [1.82, 2.24) is 4.90 Å². The molecule has 0 saturated carbocycles. The van der Waals surface area contributed by atoms with Crippen molar-refractivity contribution in [3.8, 4) is 5.75 Å². The highest BCUT2D eigenvalue weighted by Gasteiger charge is 2.30.